The lowest BCUT2D eigenvalue weighted by Crippen LogP contribution is -2.28. The zero-order valence-electron chi connectivity index (χ0n) is 20.3. The number of methoxy groups -OCH3 is 1. The van der Waals surface area contributed by atoms with Crippen LogP contribution in [0.5, 0.6) is 11.5 Å². The van der Waals surface area contributed by atoms with Crippen LogP contribution in [0.1, 0.15) is 24.8 Å². The number of pyridine rings is 1. The number of phenols is 1. The van der Waals surface area contributed by atoms with Crippen molar-refractivity contribution in [2.24, 2.45) is 0 Å². The van der Waals surface area contributed by atoms with Crippen molar-refractivity contribution < 1.29 is 9.84 Å². The quantitative estimate of drug-likeness (QED) is 0.287. The van der Waals surface area contributed by atoms with Crippen LogP contribution in [0.25, 0.3) is 44.2 Å². The maximum Gasteiger partial charge on any atom is 0.257 e. The van der Waals surface area contributed by atoms with Crippen molar-refractivity contribution in [3.63, 3.8) is 0 Å². The molecule has 0 bridgehead atoms. The monoisotopic (exact) mass is 479 g/mol. The maximum atomic E-state index is 13.0. The Morgan fingerprint density at radius 1 is 0.833 bits per heavy atom. The normalized spacial score (nSPS) is 14.5. The van der Waals surface area contributed by atoms with E-state index < -0.39 is 0 Å². The number of nitrogens with zero attached hydrogens (tertiary/aromatic N) is 1. The summed E-state index contributed by atoms with van der Waals surface area (Å²) in [6.45, 7) is 3.31. The number of hydrogen-bond acceptors (Lipinski definition) is 4. The summed E-state index contributed by atoms with van der Waals surface area (Å²) in [4.78, 5) is 22.0. The number of piperidine rings is 1. The van der Waals surface area contributed by atoms with Crippen LogP contribution in [-0.2, 0) is 6.54 Å². The van der Waals surface area contributed by atoms with Gasteiger partial charge in [0.15, 0.2) is 11.5 Å². The first-order valence-electron chi connectivity index (χ1n) is 12.5. The number of H-pyrrole nitrogens is 2. The predicted molar refractivity (Wildman–Crippen MR) is 145 cm³/mol. The van der Waals surface area contributed by atoms with Crippen molar-refractivity contribution in [1.82, 2.24) is 14.9 Å². The molecule has 6 nitrogen and oxygen atoms in total. The Morgan fingerprint density at radius 3 is 2.39 bits per heavy atom. The second kappa shape index (κ2) is 9.21. The third-order valence-electron chi connectivity index (χ3n) is 7.19. The fourth-order valence-electron chi connectivity index (χ4n) is 5.24. The summed E-state index contributed by atoms with van der Waals surface area (Å²) >= 11 is 0. The first-order chi connectivity index (χ1) is 17.6. The molecule has 0 aliphatic carbocycles. The zero-order valence-corrected chi connectivity index (χ0v) is 20.3. The molecule has 182 valence electrons. The number of benzene rings is 3. The van der Waals surface area contributed by atoms with Crippen LogP contribution >= 0.6 is 0 Å². The number of fused-ring (bicyclic) bond motifs is 2. The highest BCUT2D eigenvalue weighted by Gasteiger charge is 2.13. The van der Waals surface area contributed by atoms with E-state index in [0.717, 1.165) is 45.2 Å². The number of aromatic hydroxyl groups is 1. The van der Waals surface area contributed by atoms with Crippen molar-refractivity contribution in [3.05, 3.63) is 82.6 Å². The molecule has 1 aliphatic heterocycles. The molecular formula is C30H29N3O3. The molecule has 3 heterocycles. The maximum absolute atomic E-state index is 13.0. The molecule has 0 spiro atoms. The fourth-order valence-corrected chi connectivity index (χ4v) is 5.24. The Morgan fingerprint density at radius 2 is 1.56 bits per heavy atom. The van der Waals surface area contributed by atoms with Gasteiger partial charge in [0.1, 0.15) is 0 Å². The zero-order chi connectivity index (χ0) is 24.6. The van der Waals surface area contributed by atoms with Crippen LogP contribution in [0, 0.1) is 0 Å². The van der Waals surface area contributed by atoms with E-state index in [1.807, 2.05) is 36.4 Å². The van der Waals surface area contributed by atoms with Gasteiger partial charge in [0.2, 0.25) is 0 Å². The van der Waals surface area contributed by atoms with Gasteiger partial charge in [-0.05, 0) is 96.5 Å². The van der Waals surface area contributed by atoms with Gasteiger partial charge in [-0.15, -0.1) is 0 Å². The summed E-state index contributed by atoms with van der Waals surface area (Å²) < 4.78 is 5.26. The highest BCUT2D eigenvalue weighted by Crippen LogP contribution is 2.33. The topological polar surface area (TPSA) is 81.4 Å². The number of aromatic nitrogens is 2. The molecular weight excluding hydrogens is 450 g/mol. The molecule has 0 saturated carbocycles. The first kappa shape index (κ1) is 22.4. The summed E-state index contributed by atoms with van der Waals surface area (Å²) in [5.74, 6) is 0.527. The lowest BCUT2D eigenvalue weighted by Gasteiger charge is -2.26. The summed E-state index contributed by atoms with van der Waals surface area (Å²) in [6, 6.07) is 21.7. The standard InChI is InChI=1S/C30H29N3O3/c1-36-29-17-21(7-10-28(29)34)20-6-9-26-23(14-20)15-24(30(35)32-26)27-16-22-13-19(5-8-25(22)31-27)18-33-11-3-2-4-12-33/h5-10,13-17,31,34H,2-4,11-12,18H2,1H3,(H,32,35). The molecule has 1 fully saturated rings. The Hall–Kier alpha value is -4.03. The molecule has 36 heavy (non-hydrogen) atoms. The molecule has 3 aromatic carbocycles. The van der Waals surface area contributed by atoms with E-state index in [0.29, 0.717) is 11.3 Å². The number of rotatable bonds is 5. The minimum atomic E-state index is -0.123. The van der Waals surface area contributed by atoms with E-state index in [1.165, 1.54) is 45.0 Å². The van der Waals surface area contributed by atoms with Gasteiger partial charge < -0.3 is 19.8 Å². The van der Waals surface area contributed by atoms with Gasteiger partial charge in [0.25, 0.3) is 5.56 Å². The van der Waals surface area contributed by atoms with Crippen molar-refractivity contribution >= 4 is 21.8 Å². The fraction of sp³-hybridized carbons (Fsp3) is 0.233. The van der Waals surface area contributed by atoms with Gasteiger partial charge in [0.05, 0.1) is 18.4 Å². The number of nitrogens with one attached hydrogen (secondary N) is 2. The smallest absolute Gasteiger partial charge is 0.257 e. The van der Waals surface area contributed by atoms with Crippen molar-refractivity contribution in [3.8, 4) is 33.9 Å². The minimum absolute atomic E-state index is 0.103. The van der Waals surface area contributed by atoms with E-state index in [2.05, 4.69) is 39.1 Å². The Labute approximate surface area is 209 Å². The number of hydrogen-bond donors (Lipinski definition) is 3. The van der Waals surface area contributed by atoms with E-state index in [9.17, 15) is 9.90 Å². The second-order valence-corrected chi connectivity index (χ2v) is 9.64. The Balaban J connectivity index is 1.36. The summed E-state index contributed by atoms with van der Waals surface area (Å²) in [5.41, 5.74) is 6.29. The highest BCUT2D eigenvalue weighted by molar-refractivity contribution is 5.91. The summed E-state index contributed by atoms with van der Waals surface area (Å²) in [5, 5.41) is 12.0. The van der Waals surface area contributed by atoms with Gasteiger partial charge in [0, 0.05) is 23.0 Å². The predicted octanol–water partition coefficient (Wildman–Crippen LogP) is 6.04. The molecule has 5 aromatic rings. The lowest BCUT2D eigenvalue weighted by molar-refractivity contribution is 0.221. The van der Waals surface area contributed by atoms with Gasteiger partial charge >= 0.3 is 0 Å². The summed E-state index contributed by atoms with van der Waals surface area (Å²) in [7, 11) is 1.53. The van der Waals surface area contributed by atoms with Crippen LogP contribution in [0.15, 0.2) is 71.5 Å². The second-order valence-electron chi connectivity index (χ2n) is 9.64. The molecule has 6 rings (SSSR count). The SMILES string of the molecule is COc1cc(-c2ccc3[nH]c(=O)c(-c4cc5cc(CN6CCCCC6)ccc5[nH]4)cc3c2)ccc1O. The highest BCUT2D eigenvalue weighted by atomic mass is 16.5. The van der Waals surface area contributed by atoms with Gasteiger partial charge in [-0.3, -0.25) is 9.69 Å². The van der Waals surface area contributed by atoms with Gasteiger partial charge in [-0.25, -0.2) is 0 Å². The summed E-state index contributed by atoms with van der Waals surface area (Å²) in [6.07, 6.45) is 3.90. The van der Waals surface area contributed by atoms with Crippen molar-refractivity contribution in [1.29, 1.82) is 0 Å². The largest absolute Gasteiger partial charge is 0.504 e. The van der Waals surface area contributed by atoms with Crippen LogP contribution in [0.3, 0.4) is 0 Å². The number of aromatic amines is 2. The van der Waals surface area contributed by atoms with Crippen LogP contribution in [-0.4, -0.2) is 40.2 Å². The lowest BCUT2D eigenvalue weighted by atomic mass is 10.0. The Kier molecular flexibility index (Phi) is 5.74. The average molecular weight is 480 g/mol. The third kappa shape index (κ3) is 4.25. The van der Waals surface area contributed by atoms with Gasteiger partial charge in [-0.2, -0.15) is 0 Å². The van der Waals surface area contributed by atoms with Crippen LogP contribution in [0.2, 0.25) is 0 Å². The Bertz CT molecular complexity index is 1630. The molecule has 1 aliphatic rings. The molecule has 1 saturated heterocycles. The van der Waals surface area contributed by atoms with E-state index in [4.69, 9.17) is 4.74 Å². The molecule has 0 amide bonds. The van der Waals surface area contributed by atoms with Crippen LogP contribution in [0.4, 0.5) is 0 Å². The van der Waals surface area contributed by atoms with Crippen molar-refractivity contribution in [2.75, 3.05) is 20.2 Å². The third-order valence-corrected chi connectivity index (χ3v) is 7.19. The first-order valence-corrected chi connectivity index (χ1v) is 12.5. The molecule has 0 atom stereocenters. The number of likely N-dealkylation sites (tertiary alicyclic amines) is 1. The molecule has 0 radical (unpaired) electrons. The van der Waals surface area contributed by atoms with E-state index in [-0.39, 0.29) is 11.3 Å². The average Bonchev–Trinajstić information content (AvgIpc) is 3.32. The van der Waals surface area contributed by atoms with Crippen LogP contribution < -0.4 is 10.3 Å². The molecule has 0 unspecified atom stereocenters. The van der Waals surface area contributed by atoms with Crippen molar-refractivity contribution in [2.45, 2.75) is 25.8 Å². The number of phenolic OH excluding ortho intramolecular Hbond substituents is 1. The van der Waals surface area contributed by atoms with E-state index >= 15 is 0 Å². The number of ether oxygens (including phenoxy) is 1. The van der Waals surface area contributed by atoms with E-state index in [1.54, 1.807) is 6.07 Å². The minimum Gasteiger partial charge on any atom is -0.504 e. The molecule has 2 aromatic heterocycles. The van der Waals surface area contributed by atoms with Gasteiger partial charge in [-0.1, -0.05) is 24.6 Å². The molecule has 6 heteroatoms. The molecule has 3 N–H and O–H groups in total.